The van der Waals surface area contributed by atoms with Gasteiger partial charge in [-0.1, -0.05) is 30.3 Å². The molecule has 0 unspecified atom stereocenters. The monoisotopic (exact) mass is 321 g/mol. The Morgan fingerprint density at radius 2 is 1.88 bits per heavy atom. The molecule has 0 N–H and O–H groups in total. The average molecular weight is 321 g/mol. The molecular formula is C21H23NO2. The molecule has 1 heterocycles. The highest BCUT2D eigenvalue weighted by Gasteiger charge is 2.14. The number of hydrogen-bond donors (Lipinski definition) is 0. The summed E-state index contributed by atoms with van der Waals surface area (Å²) >= 11 is 0. The van der Waals surface area contributed by atoms with Gasteiger partial charge in [0.25, 0.3) is 0 Å². The lowest BCUT2D eigenvalue weighted by atomic mass is 10.1. The number of carbonyl (C=O) groups excluding carboxylic acids is 1. The van der Waals surface area contributed by atoms with E-state index in [4.69, 9.17) is 4.74 Å². The van der Waals surface area contributed by atoms with Gasteiger partial charge in [0.15, 0.2) is 6.29 Å². The van der Waals surface area contributed by atoms with E-state index in [0.29, 0.717) is 0 Å². The fraction of sp³-hybridized carbons (Fsp3) is 0.286. The molecule has 0 aliphatic rings. The Labute approximate surface area is 142 Å². The first-order valence-electron chi connectivity index (χ1n) is 8.38. The summed E-state index contributed by atoms with van der Waals surface area (Å²) in [6.45, 7) is 6.87. The van der Waals surface area contributed by atoms with E-state index in [1.54, 1.807) is 0 Å². The van der Waals surface area contributed by atoms with E-state index < -0.39 is 0 Å². The number of nitrogens with zero attached hydrogens (tertiary/aromatic N) is 1. The third-order valence-corrected chi connectivity index (χ3v) is 4.30. The summed E-state index contributed by atoms with van der Waals surface area (Å²) in [6, 6.07) is 16.4. The Morgan fingerprint density at radius 3 is 2.54 bits per heavy atom. The van der Waals surface area contributed by atoms with Crippen LogP contribution in [-0.2, 0) is 13.0 Å². The number of aldehydes is 1. The zero-order valence-corrected chi connectivity index (χ0v) is 14.5. The molecule has 24 heavy (non-hydrogen) atoms. The van der Waals surface area contributed by atoms with Crippen LogP contribution in [0.5, 0.6) is 5.75 Å². The maximum absolute atomic E-state index is 11.6. The van der Waals surface area contributed by atoms with E-state index >= 15 is 0 Å². The standard InChI is InChI=1S/C21H23NO2/c1-15(2)24-18-9-10-21-19(13-18)20(14-23)16(3)22(21)12-11-17-7-5-4-6-8-17/h4-10,13-15H,11-12H2,1-3H3. The zero-order valence-electron chi connectivity index (χ0n) is 14.5. The summed E-state index contributed by atoms with van der Waals surface area (Å²) < 4.78 is 8.00. The summed E-state index contributed by atoms with van der Waals surface area (Å²) in [6.07, 6.45) is 2.01. The number of aromatic nitrogens is 1. The number of ether oxygens (including phenoxy) is 1. The number of hydrogen-bond acceptors (Lipinski definition) is 2. The largest absolute Gasteiger partial charge is 0.491 e. The van der Waals surface area contributed by atoms with Gasteiger partial charge in [-0.15, -0.1) is 0 Å². The fourth-order valence-corrected chi connectivity index (χ4v) is 3.16. The van der Waals surface area contributed by atoms with Crippen LogP contribution in [0, 0.1) is 6.92 Å². The van der Waals surface area contributed by atoms with Gasteiger partial charge in [-0.05, 0) is 51.0 Å². The highest BCUT2D eigenvalue weighted by molar-refractivity contribution is 6.00. The van der Waals surface area contributed by atoms with Gasteiger partial charge in [0.05, 0.1) is 6.10 Å². The molecule has 0 bridgehead atoms. The molecule has 0 aliphatic heterocycles. The molecule has 0 amide bonds. The Balaban J connectivity index is 1.98. The Kier molecular flexibility index (Phi) is 4.70. The molecule has 0 saturated heterocycles. The zero-order chi connectivity index (χ0) is 17.1. The number of rotatable bonds is 6. The predicted octanol–water partition coefficient (Wildman–Crippen LogP) is 4.79. The highest BCUT2D eigenvalue weighted by atomic mass is 16.5. The number of benzene rings is 2. The van der Waals surface area contributed by atoms with Crippen molar-refractivity contribution in [1.82, 2.24) is 4.57 Å². The quantitative estimate of drug-likeness (QED) is 0.611. The normalized spacial score (nSPS) is 11.2. The van der Waals surface area contributed by atoms with Crippen LogP contribution in [0.3, 0.4) is 0 Å². The fourth-order valence-electron chi connectivity index (χ4n) is 3.16. The minimum absolute atomic E-state index is 0.114. The van der Waals surface area contributed by atoms with Crippen molar-refractivity contribution in [3.63, 3.8) is 0 Å². The van der Waals surface area contributed by atoms with Crippen molar-refractivity contribution in [1.29, 1.82) is 0 Å². The first-order valence-corrected chi connectivity index (χ1v) is 8.38. The van der Waals surface area contributed by atoms with Crippen LogP contribution in [0.25, 0.3) is 10.9 Å². The third-order valence-electron chi connectivity index (χ3n) is 4.30. The maximum Gasteiger partial charge on any atom is 0.152 e. The molecule has 0 atom stereocenters. The molecule has 3 nitrogen and oxygen atoms in total. The summed E-state index contributed by atoms with van der Waals surface area (Å²) in [5.41, 5.74) is 4.15. The topological polar surface area (TPSA) is 31.2 Å². The van der Waals surface area contributed by atoms with Gasteiger partial charge in [-0.2, -0.15) is 0 Å². The summed E-state index contributed by atoms with van der Waals surface area (Å²) in [4.78, 5) is 11.6. The molecule has 3 aromatic rings. The van der Waals surface area contributed by atoms with Crippen molar-refractivity contribution in [3.05, 3.63) is 65.4 Å². The molecule has 1 aromatic heterocycles. The van der Waals surface area contributed by atoms with Crippen LogP contribution < -0.4 is 4.74 Å². The van der Waals surface area contributed by atoms with Crippen molar-refractivity contribution < 1.29 is 9.53 Å². The molecule has 124 valence electrons. The van der Waals surface area contributed by atoms with E-state index in [1.807, 2.05) is 39.0 Å². The van der Waals surface area contributed by atoms with E-state index in [-0.39, 0.29) is 6.10 Å². The summed E-state index contributed by atoms with van der Waals surface area (Å²) in [5.74, 6) is 0.806. The second-order valence-corrected chi connectivity index (χ2v) is 6.35. The average Bonchev–Trinajstić information content (AvgIpc) is 2.83. The number of aryl methyl sites for hydroxylation is 2. The van der Waals surface area contributed by atoms with Crippen molar-refractivity contribution in [3.8, 4) is 5.75 Å². The van der Waals surface area contributed by atoms with Crippen LogP contribution in [0.15, 0.2) is 48.5 Å². The lowest BCUT2D eigenvalue weighted by molar-refractivity contribution is 0.112. The molecule has 2 aromatic carbocycles. The van der Waals surface area contributed by atoms with Gasteiger partial charge in [0.1, 0.15) is 5.75 Å². The maximum atomic E-state index is 11.6. The van der Waals surface area contributed by atoms with Gasteiger partial charge >= 0.3 is 0 Å². The van der Waals surface area contributed by atoms with Gasteiger partial charge in [0.2, 0.25) is 0 Å². The van der Waals surface area contributed by atoms with E-state index in [2.05, 4.69) is 34.9 Å². The molecule has 0 aliphatic carbocycles. The third kappa shape index (κ3) is 3.21. The van der Waals surface area contributed by atoms with Crippen LogP contribution in [0.1, 0.15) is 35.5 Å². The van der Waals surface area contributed by atoms with Gasteiger partial charge in [0, 0.05) is 28.7 Å². The van der Waals surface area contributed by atoms with E-state index in [9.17, 15) is 4.79 Å². The minimum Gasteiger partial charge on any atom is -0.491 e. The molecule has 0 spiro atoms. The van der Waals surface area contributed by atoms with Crippen LogP contribution in [-0.4, -0.2) is 17.0 Å². The smallest absolute Gasteiger partial charge is 0.152 e. The molecule has 0 radical (unpaired) electrons. The van der Waals surface area contributed by atoms with Gasteiger partial charge in [-0.3, -0.25) is 4.79 Å². The SMILES string of the molecule is Cc1c(C=O)c2cc(OC(C)C)ccc2n1CCc1ccccc1. The molecule has 3 rings (SSSR count). The van der Waals surface area contributed by atoms with E-state index in [1.165, 1.54) is 5.56 Å². The second kappa shape index (κ2) is 6.91. The van der Waals surface area contributed by atoms with Crippen molar-refractivity contribution >= 4 is 17.2 Å². The minimum atomic E-state index is 0.114. The molecule has 3 heteroatoms. The van der Waals surface area contributed by atoms with Crippen molar-refractivity contribution in [2.24, 2.45) is 0 Å². The molecular weight excluding hydrogens is 298 g/mol. The Morgan fingerprint density at radius 1 is 1.12 bits per heavy atom. The summed E-state index contributed by atoms with van der Waals surface area (Å²) in [7, 11) is 0. The van der Waals surface area contributed by atoms with Gasteiger partial charge < -0.3 is 9.30 Å². The number of carbonyl (C=O) groups is 1. The Hall–Kier alpha value is -2.55. The first-order chi connectivity index (χ1) is 11.6. The Bertz CT molecular complexity index is 847. The highest BCUT2D eigenvalue weighted by Crippen LogP contribution is 2.29. The summed E-state index contributed by atoms with van der Waals surface area (Å²) in [5, 5.41) is 0.966. The van der Waals surface area contributed by atoms with Gasteiger partial charge in [-0.25, -0.2) is 0 Å². The van der Waals surface area contributed by atoms with E-state index in [0.717, 1.165) is 47.2 Å². The lowest BCUT2D eigenvalue weighted by Crippen LogP contribution is -2.05. The first kappa shape index (κ1) is 16.3. The van der Waals surface area contributed by atoms with Crippen LogP contribution in [0.4, 0.5) is 0 Å². The van der Waals surface area contributed by atoms with Crippen molar-refractivity contribution in [2.75, 3.05) is 0 Å². The predicted molar refractivity (Wildman–Crippen MR) is 98.0 cm³/mol. The van der Waals surface area contributed by atoms with Crippen molar-refractivity contribution in [2.45, 2.75) is 39.8 Å². The van der Waals surface area contributed by atoms with Crippen LogP contribution >= 0.6 is 0 Å². The molecule has 0 saturated carbocycles. The molecule has 0 fully saturated rings. The second-order valence-electron chi connectivity index (χ2n) is 6.35. The number of fused-ring (bicyclic) bond motifs is 1. The van der Waals surface area contributed by atoms with Crippen LogP contribution in [0.2, 0.25) is 0 Å². The lowest BCUT2D eigenvalue weighted by Gasteiger charge is -2.11.